The highest BCUT2D eigenvalue weighted by Crippen LogP contribution is 2.64. The summed E-state index contributed by atoms with van der Waals surface area (Å²) in [4.78, 5) is 14.7. The summed E-state index contributed by atoms with van der Waals surface area (Å²) in [5.74, 6) is -3.81. The van der Waals surface area contributed by atoms with Gasteiger partial charge in [-0.05, 0) is 53.8 Å². The van der Waals surface area contributed by atoms with E-state index in [0.29, 0.717) is 42.1 Å². The third-order valence-electron chi connectivity index (χ3n) is 7.68. The Morgan fingerprint density at radius 2 is 1.95 bits per heavy atom. The number of aromatic nitrogens is 3. The number of rotatable bonds is 4. The zero-order valence-corrected chi connectivity index (χ0v) is 20.3. The van der Waals surface area contributed by atoms with Crippen molar-refractivity contribution in [3.8, 4) is 23.0 Å². The molecule has 0 radical (unpaired) electrons. The minimum absolute atomic E-state index is 0.0922. The van der Waals surface area contributed by atoms with E-state index >= 15 is 4.39 Å². The number of nitrogens with zero attached hydrogens (tertiary/aromatic N) is 4. The predicted molar refractivity (Wildman–Crippen MR) is 131 cm³/mol. The van der Waals surface area contributed by atoms with Gasteiger partial charge in [-0.15, -0.1) is 0 Å². The minimum Gasteiger partial charge on any atom is -0.508 e. The first-order valence-corrected chi connectivity index (χ1v) is 12.2. The molecular weight excluding hydrogens is 488 g/mol. The Morgan fingerprint density at radius 1 is 1.16 bits per heavy atom. The number of hydrogen-bond donors (Lipinski definition) is 1. The van der Waals surface area contributed by atoms with Gasteiger partial charge in [0.1, 0.15) is 28.6 Å². The van der Waals surface area contributed by atoms with Crippen LogP contribution in [0, 0.1) is 17.0 Å². The number of fused-ring (bicyclic) bond motifs is 2. The third-order valence-corrected chi connectivity index (χ3v) is 7.68. The van der Waals surface area contributed by atoms with Gasteiger partial charge in [-0.25, -0.2) is 17.6 Å². The molecule has 2 aromatic heterocycles. The first kappa shape index (κ1) is 23.7. The van der Waals surface area contributed by atoms with Gasteiger partial charge < -0.3 is 14.7 Å². The van der Waals surface area contributed by atoms with Crippen molar-refractivity contribution in [1.29, 1.82) is 0 Å². The number of aryl methyl sites for hydroxylation is 1. The molecule has 6 rings (SSSR count). The highest BCUT2D eigenvalue weighted by Gasteiger charge is 2.71. The molecule has 1 spiro atoms. The van der Waals surface area contributed by atoms with E-state index in [-0.39, 0.29) is 52.7 Å². The van der Waals surface area contributed by atoms with Crippen LogP contribution in [-0.4, -0.2) is 46.2 Å². The summed E-state index contributed by atoms with van der Waals surface area (Å²) >= 11 is 0. The van der Waals surface area contributed by atoms with Gasteiger partial charge >= 0.3 is 6.01 Å². The molecule has 3 heterocycles. The highest BCUT2D eigenvalue weighted by molar-refractivity contribution is 6.01. The molecule has 2 aliphatic rings. The first-order chi connectivity index (χ1) is 17.7. The van der Waals surface area contributed by atoms with Crippen LogP contribution in [-0.2, 0) is 6.42 Å². The second-order valence-corrected chi connectivity index (χ2v) is 9.87. The average Bonchev–Trinajstić information content (AvgIpc) is 3.40. The molecule has 1 atom stereocenters. The van der Waals surface area contributed by atoms with Crippen molar-refractivity contribution >= 4 is 27.5 Å². The maximum Gasteiger partial charge on any atom is 0.318 e. The fraction of sp³-hybridized carbons (Fsp3) is 0.370. The number of pyridine rings is 1. The van der Waals surface area contributed by atoms with Crippen LogP contribution in [0.25, 0.3) is 32.9 Å². The molecule has 6 nitrogen and oxygen atoms in total. The minimum atomic E-state index is -2.72. The summed E-state index contributed by atoms with van der Waals surface area (Å²) in [6.45, 7) is 2.36. The average molecular weight is 513 g/mol. The molecule has 37 heavy (non-hydrogen) atoms. The van der Waals surface area contributed by atoms with Crippen LogP contribution in [0.1, 0.15) is 31.7 Å². The van der Waals surface area contributed by atoms with Crippen LogP contribution in [0.2, 0.25) is 0 Å². The van der Waals surface area contributed by atoms with Gasteiger partial charge in [0.05, 0.1) is 17.9 Å². The second-order valence-electron chi connectivity index (χ2n) is 9.87. The number of ether oxygens (including phenoxy) is 1. The maximum atomic E-state index is 16.2. The lowest BCUT2D eigenvalue weighted by Crippen LogP contribution is -2.39. The molecule has 2 aromatic carbocycles. The summed E-state index contributed by atoms with van der Waals surface area (Å²) < 4.78 is 64.4. The topological polar surface area (TPSA) is 71.4 Å². The number of phenolic OH excluding ortho intramolecular Hbond substituents is 1. The number of phenols is 1. The van der Waals surface area contributed by atoms with E-state index in [4.69, 9.17) is 4.74 Å². The number of piperidine rings is 1. The summed E-state index contributed by atoms with van der Waals surface area (Å²) in [5.41, 5.74) is -0.717. The zero-order chi connectivity index (χ0) is 26.1. The molecule has 192 valence electrons. The molecule has 4 aromatic rings. The van der Waals surface area contributed by atoms with E-state index < -0.39 is 23.0 Å². The Labute approximate surface area is 209 Å². The van der Waals surface area contributed by atoms with Crippen LogP contribution < -0.4 is 9.64 Å². The third kappa shape index (κ3) is 3.56. The number of halogens is 4. The number of alkyl halides is 2. The lowest BCUT2D eigenvalue weighted by molar-refractivity contribution is 0.0575. The van der Waals surface area contributed by atoms with E-state index in [9.17, 15) is 18.3 Å². The van der Waals surface area contributed by atoms with Crippen molar-refractivity contribution in [2.75, 3.05) is 25.1 Å². The van der Waals surface area contributed by atoms with Crippen molar-refractivity contribution < 1.29 is 27.4 Å². The highest BCUT2D eigenvalue weighted by atomic mass is 19.3. The molecular formula is C27H24F4N4O2. The van der Waals surface area contributed by atoms with Crippen LogP contribution in [0.3, 0.4) is 0 Å². The maximum absolute atomic E-state index is 16.2. The monoisotopic (exact) mass is 512 g/mol. The molecule has 1 aliphatic heterocycles. The standard InChI is InChI=1S/C27H24F4N4O2/c1-3-16-19(28)6-5-14-9-15(36)10-17(20(14)16)22-21(29)23-18(11-32-22)24(34-25(33-23)37-2)35-8-4-7-26(13-35)12-27(26,30)31/h5-6,9-11,36H,3-4,7-8,12-13H2,1-2H3. The number of anilines is 1. The number of aromatic hydroxyl groups is 1. The van der Waals surface area contributed by atoms with E-state index in [0.717, 1.165) is 0 Å². The van der Waals surface area contributed by atoms with Crippen LogP contribution in [0.4, 0.5) is 23.4 Å². The van der Waals surface area contributed by atoms with Gasteiger partial charge in [-0.2, -0.15) is 9.97 Å². The van der Waals surface area contributed by atoms with E-state index in [2.05, 4.69) is 15.0 Å². The fourth-order valence-electron chi connectivity index (χ4n) is 5.71. The van der Waals surface area contributed by atoms with Gasteiger partial charge in [0.2, 0.25) is 0 Å². The normalized spacial score (nSPS) is 20.6. The zero-order valence-electron chi connectivity index (χ0n) is 20.3. The fourth-order valence-corrected chi connectivity index (χ4v) is 5.71. The molecule has 2 fully saturated rings. The predicted octanol–water partition coefficient (Wildman–Crippen LogP) is 6.03. The summed E-state index contributed by atoms with van der Waals surface area (Å²) in [6, 6.07) is 5.56. The molecule has 1 saturated heterocycles. The van der Waals surface area contributed by atoms with Crippen LogP contribution >= 0.6 is 0 Å². The quantitative estimate of drug-likeness (QED) is 0.337. The van der Waals surface area contributed by atoms with Gasteiger partial charge in [0.15, 0.2) is 5.82 Å². The summed E-state index contributed by atoms with van der Waals surface area (Å²) in [5, 5.41) is 11.6. The van der Waals surface area contributed by atoms with Crippen molar-refractivity contribution in [3.63, 3.8) is 0 Å². The largest absolute Gasteiger partial charge is 0.508 e. The lowest BCUT2D eigenvalue weighted by Gasteiger charge is -2.34. The van der Waals surface area contributed by atoms with E-state index in [1.54, 1.807) is 11.8 Å². The smallest absolute Gasteiger partial charge is 0.318 e. The molecule has 0 bridgehead atoms. The van der Waals surface area contributed by atoms with Crippen molar-refractivity contribution in [3.05, 3.63) is 47.7 Å². The van der Waals surface area contributed by atoms with E-state index in [1.807, 2.05) is 0 Å². The van der Waals surface area contributed by atoms with Crippen LogP contribution in [0.15, 0.2) is 30.5 Å². The molecule has 1 unspecified atom stereocenters. The number of hydrogen-bond acceptors (Lipinski definition) is 6. The Bertz CT molecular complexity index is 1580. The van der Waals surface area contributed by atoms with Gasteiger partial charge in [-0.1, -0.05) is 13.0 Å². The van der Waals surface area contributed by atoms with Gasteiger partial charge in [-0.3, -0.25) is 4.98 Å². The second kappa shape index (κ2) is 8.16. The van der Waals surface area contributed by atoms with Gasteiger partial charge in [0.25, 0.3) is 5.92 Å². The van der Waals surface area contributed by atoms with Crippen molar-refractivity contribution in [2.24, 2.45) is 5.41 Å². The van der Waals surface area contributed by atoms with E-state index in [1.165, 1.54) is 37.6 Å². The Hall–Kier alpha value is -3.69. The van der Waals surface area contributed by atoms with Gasteiger partial charge in [0, 0.05) is 31.3 Å². The Morgan fingerprint density at radius 3 is 2.65 bits per heavy atom. The molecule has 1 N–H and O–H groups in total. The number of methoxy groups -OCH3 is 1. The first-order valence-electron chi connectivity index (χ1n) is 12.2. The Balaban J connectivity index is 1.56. The lowest BCUT2D eigenvalue weighted by atomic mass is 9.93. The SMILES string of the molecule is CCc1c(F)ccc2cc(O)cc(-c3ncc4c(N5CCCC6(C5)CC6(F)F)nc(OC)nc4c3F)c12. The molecule has 1 saturated carbocycles. The van der Waals surface area contributed by atoms with Crippen molar-refractivity contribution in [1.82, 2.24) is 15.0 Å². The van der Waals surface area contributed by atoms with Crippen molar-refractivity contribution in [2.45, 2.75) is 38.5 Å². The summed E-state index contributed by atoms with van der Waals surface area (Å²) in [7, 11) is 1.34. The molecule has 0 amide bonds. The van der Waals surface area contributed by atoms with Crippen LogP contribution in [0.5, 0.6) is 11.8 Å². The molecule has 1 aliphatic carbocycles. The molecule has 10 heteroatoms. The summed E-state index contributed by atoms with van der Waals surface area (Å²) in [6.07, 6.45) is 2.55. The number of benzene rings is 2. The Kier molecular flexibility index (Phi) is 5.22.